The van der Waals surface area contributed by atoms with Crippen LogP contribution in [-0.4, -0.2) is 12.8 Å². The molecule has 0 unspecified atom stereocenters. The minimum absolute atomic E-state index is 0.242. The molecule has 0 spiro atoms. The Hall–Kier alpha value is -2.48. The number of aliphatic imine (C=N–C) groups is 1. The molecule has 0 atom stereocenters. The van der Waals surface area contributed by atoms with Gasteiger partial charge in [0.05, 0.1) is 5.71 Å². The molecular weight excluding hydrogens is 249 g/mol. The first kappa shape index (κ1) is 12.5. The van der Waals surface area contributed by atoms with Crippen LogP contribution in [0.5, 0.6) is 0 Å². The van der Waals surface area contributed by atoms with Crippen molar-refractivity contribution in [3.05, 3.63) is 83.7 Å². The van der Waals surface area contributed by atoms with E-state index in [1.54, 1.807) is 13.1 Å². The van der Waals surface area contributed by atoms with E-state index in [9.17, 15) is 4.39 Å². The molecule has 0 heterocycles. The zero-order valence-electron chi connectivity index (χ0n) is 11.2. The summed E-state index contributed by atoms with van der Waals surface area (Å²) in [6.07, 6.45) is 0. The molecule has 0 N–H and O–H groups in total. The van der Waals surface area contributed by atoms with Crippen LogP contribution in [0.25, 0.3) is 10.8 Å². The maximum Gasteiger partial charge on any atom is 0.133 e. The summed E-state index contributed by atoms with van der Waals surface area (Å²) in [7, 11) is 1.70. The van der Waals surface area contributed by atoms with Gasteiger partial charge >= 0.3 is 0 Å². The van der Waals surface area contributed by atoms with E-state index in [-0.39, 0.29) is 5.82 Å². The highest BCUT2D eigenvalue weighted by atomic mass is 19.1. The Labute approximate surface area is 117 Å². The maximum atomic E-state index is 14.4. The summed E-state index contributed by atoms with van der Waals surface area (Å²) in [6.45, 7) is 0. The van der Waals surface area contributed by atoms with Crippen LogP contribution in [0.2, 0.25) is 0 Å². The molecule has 0 aliphatic heterocycles. The molecule has 20 heavy (non-hydrogen) atoms. The van der Waals surface area contributed by atoms with Gasteiger partial charge in [0.25, 0.3) is 0 Å². The average molecular weight is 263 g/mol. The molecule has 3 aromatic carbocycles. The molecular formula is C18H14FN. The van der Waals surface area contributed by atoms with Gasteiger partial charge in [0.1, 0.15) is 5.82 Å². The minimum Gasteiger partial charge on any atom is -0.287 e. The van der Waals surface area contributed by atoms with E-state index < -0.39 is 0 Å². The highest BCUT2D eigenvalue weighted by molar-refractivity contribution is 6.19. The summed E-state index contributed by atoms with van der Waals surface area (Å²) in [5.41, 5.74) is 2.17. The molecule has 3 aromatic rings. The maximum absolute atomic E-state index is 14.4. The second kappa shape index (κ2) is 5.25. The summed E-state index contributed by atoms with van der Waals surface area (Å²) in [5.74, 6) is -0.242. The Kier molecular flexibility index (Phi) is 3.30. The lowest BCUT2D eigenvalue weighted by Crippen LogP contribution is -2.07. The van der Waals surface area contributed by atoms with E-state index in [1.165, 1.54) is 6.07 Å². The van der Waals surface area contributed by atoms with Gasteiger partial charge in [-0.1, -0.05) is 60.7 Å². The van der Waals surface area contributed by atoms with E-state index >= 15 is 0 Å². The molecule has 0 aromatic heterocycles. The van der Waals surface area contributed by atoms with Crippen LogP contribution in [0.15, 0.2) is 71.7 Å². The lowest BCUT2D eigenvalue weighted by Gasteiger charge is -2.11. The molecule has 0 saturated carbocycles. The number of halogens is 1. The van der Waals surface area contributed by atoms with Crippen LogP contribution in [0.1, 0.15) is 11.1 Å². The first-order valence-electron chi connectivity index (χ1n) is 6.51. The zero-order chi connectivity index (χ0) is 13.9. The number of nitrogens with zero attached hydrogens (tertiary/aromatic N) is 1. The summed E-state index contributed by atoms with van der Waals surface area (Å²) in [5, 5.41) is 1.90. The third kappa shape index (κ3) is 2.10. The van der Waals surface area contributed by atoms with Gasteiger partial charge in [-0.15, -0.1) is 0 Å². The predicted octanol–water partition coefficient (Wildman–Crippen LogP) is 4.45. The quantitative estimate of drug-likeness (QED) is 0.606. The average Bonchev–Trinajstić information content (AvgIpc) is 2.51. The van der Waals surface area contributed by atoms with Gasteiger partial charge in [-0.3, -0.25) is 4.99 Å². The SMILES string of the molecule is CN=C(c1ccccc1)c1c(F)ccc2ccccc12. The predicted molar refractivity (Wildman–Crippen MR) is 81.9 cm³/mol. The van der Waals surface area contributed by atoms with Crippen LogP contribution in [-0.2, 0) is 0 Å². The summed E-state index contributed by atoms with van der Waals surface area (Å²) >= 11 is 0. The topological polar surface area (TPSA) is 12.4 Å². The van der Waals surface area contributed by atoms with Crippen molar-refractivity contribution >= 4 is 16.5 Å². The number of hydrogen-bond acceptors (Lipinski definition) is 1. The second-order valence-corrected chi connectivity index (χ2v) is 4.58. The minimum atomic E-state index is -0.242. The number of rotatable bonds is 2. The molecule has 0 saturated heterocycles. The van der Waals surface area contributed by atoms with E-state index in [0.29, 0.717) is 11.3 Å². The number of fused-ring (bicyclic) bond motifs is 1. The summed E-state index contributed by atoms with van der Waals surface area (Å²) in [4.78, 5) is 4.32. The largest absolute Gasteiger partial charge is 0.287 e. The van der Waals surface area contributed by atoms with Gasteiger partial charge < -0.3 is 0 Å². The van der Waals surface area contributed by atoms with Crippen molar-refractivity contribution < 1.29 is 4.39 Å². The smallest absolute Gasteiger partial charge is 0.133 e. The van der Waals surface area contributed by atoms with Gasteiger partial charge in [0.15, 0.2) is 0 Å². The molecule has 0 fully saturated rings. The molecule has 2 heteroatoms. The molecule has 98 valence electrons. The fraction of sp³-hybridized carbons (Fsp3) is 0.0556. The monoisotopic (exact) mass is 263 g/mol. The number of benzene rings is 3. The Bertz CT molecular complexity index is 776. The molecule has 0 aliphatic carbocycles. The normalized spacial score (nSPS) is 11.8. The van der Waals surface area contributed by atoms with Gasteiger partial charge in [-0.25, -0.2) is 4.39 Å². The van der Waals surface area contributed by atoms with Crippen molar-refractivity contribution in [2.75, 3.05) is 7.05 Å². The van der Waals surface area contributed by atoms with E-state index in [0.717, 1.165) is 16.3 Å². The molecule has 0 amide bonds. The van der Waals surface area contributed by atoms with Crippen LogP contribution < -0.4 is 0 Å². The van der Waals surface area contributed by atoms with Crippen LogP contribution >= 0.6 is 0 Å². The van der Waals surface area contributed by atoms with E-state index in [1.807, 2.05) is 54.6 Å². The van der Waals surface area contributed by atoms with Crippen molar-refractivity contribution in [2.45, 2.75) is 0 Å². The van der Waals surface area contributed by atoms with Crippen molar-refractivity contribution in [3.8, 4) is 0 Å². The molecule has 1 nitrogen and oxygen atoms in total. The van der Waals surface area contributed by atoms with Crippen LogP contribution in [0.4, 0.5) is 4.39 Å². The first-order chi connectivity index (χ1) is 9.81. The molecule has 0 radical (unpaired) electrons. The van der Waals surface area contributed by atoms with Gasteiger partial charge in [-0.2, -0.15) is 0 Å². The fourth-order valence-corrected chi connectivity index (χ4v) is 2.47. The van der Waals surface area contributed by atoms with Crippen molar-refractivity contribution in [2.24, 2.45) is 4.99 Å². The van der Waals surface area contributed by atoms with Crippen molar-refractivity contribution in [3.63, 3.8) is 0 Å². The standard InChI is InChI=1S/C18H14FN/c1-20-18(14-8-3-2-4-9-14)17-15-10-6-5-7-13(15)11-12-16(17)19/h2-12H,1H3. The third-order valence-corrected chi connectivity index (χ3v) is 3.39. The van der Waals surface area contributed by atoms with E-state index in [2.05, 4.69) is 4.99 Å². The highest BCUT2D eigenvalue weighted by Crippen LogP contribution is 2.24. The Morgan fingerprint density at radius 2 is 1.55 bits per heavy atom. The van der Waals surface area contributed by atoms with Gasteiger partial charge in [0, 0.05) is 18.2 Å². The van der Waals surface area contributed by atoms with Gasteiger partial charge in [-0.05, 0) is 16.8 Å². The zero-order valence-corrected chi connectivity index (χ0v) is 11.2. The van der Waals surface area contributed by atoms with Gasteiger partial charge in [0.2, 0.25) is 0 Å². The first-order valence-corrected chi connectivity index (χ1v) is 6.51. The second-order valence-electron chi connectivity index (χ2n) is 4.58. The Morgan fingerprint density at radius 1 is 0.850 bits per heavy atom. The molecule has 0 aliphatic rings. The lowest BCUT2D eigenvalue weighted by atomic mass is 9.96. The molecule has 3 rings (SSSR count). The number of hydrogen-bond donors (Lipinski definition) is 0. The highest BCUT2D eigenvalue weighted by Gasteiger charge is 2.14. The van der Waals surface area contributed by atoms with Crippen LogP contribution in [0.3, 0.4) is 0 Å². The molecule has 0 bridgehead atoms. The van der Waals surface area contributed by atoms with Crippen molar-refractivity contribution in [1.29, 1.82) is 0 Å². The third-order valence-electron chi connectivity index (χ3n) is 3.39. The summed E-state index contributed by atoms with van der Waals surface area (Å²) in [6, 6.07) is 20.8. The van der Waals surface area contributed by atoms with Crippen LogP contribution in [0, 0.1) is 5.82 Å². The Balaban J connectivity index is 2.31. The van der Waals surface area contributed by atoms with E-state index in [4.69, 9.17) is 0 Å². The van der Waals surface area contributed by atoms with Crippen molar-refractivity contribution in [1.82, 2.24) is 0 Å². The fourth-order valence-electron chi connectivity index (χ4n) is 2.47. The summed E-state index contributed by atoms with van der Waals surface area (Å²) < 4.78 is 14.4. The Morgan fingerprint density at radius 3 is 2.30 bits per heavy atom. The lowest BCUT2D eigenvalue weighted by molar-refractivity contribution is 0.627.